The first-order valence-corrected chi connectivity index (χ1v) is 6.31. The predicted octanol–water partition coefficient (Wildman–Crippen LogP) is 3.87. The normalized spacial score (nSPS) is 10.3. The highest BCUT2D eigenvalue weighted by molar-refractivity contribution is 6.33. The Morgan fingerprint density at radius 1 is 1.30 bits per heavy atom. The molecule has 0 heterocycles. The van der Waals surface area contributed by atoms with Crippen molar-refractivity contribution in [3.8, 4) is 5.75 Å². The summed E-state index contributed by atoms with van der Waals surface area (Å²) in [7, 11) is 0. The lowest BCUT2D eigenvalue weighted by molar-refractivity contribution is -0.384. The van der Waals surface area contributed by atoms with Crippen molar-refractivity contribution in [1.29, 1.82) is 0 Å². The second kappa shape index (κ2) is 5.79. The van der Waals surface area contributed by atoms with Gasteiger partial charge in [-0.25, -0.2) is 0 Å². The summed E-state index contributed by atoms with van der Waals surface area (Å²) >= 11 is 5.88. The van der Waals surface area contributed by atoms with Crippen LogP contribution in [-0.2, 0) is 6.54 Å². The Balaban J connectivity index is 2.16. The fraction of sp³-hybridized carbons (Fsp3) is 0.143. The Bertz CT molecular complexity index is 642. The van der Waals surface area contributed by atoms with Gasteiger partial charge in [-0.1, -0.05) is 23.7 Å². The molecular weight excluding hydrogens is 280 g/mol. The summed E-state index contributed by atoms with van der Waals surface area (Å²) in [4.78, 5) is 10.3. The molecule has 0 atom stereocenters. The number of nitro benzene ring substituents is 1. The van der Waals surface area contributed by atoms with Crippen LogP contribution in [0, 0.1) is 17.0 Å². The van der Waals surface area contributed by atoms with E-state index in [1.54, 1.807) is 37.3 Å². The molecule has 20 heavy (non-hydrogen) atoms. The smallest absolute Gasteiger partial charge is 0.288 e. The minimum absolute atomic E-state index is 0.0978. The van der Waals surface area contributed by atoms with E-state index < -0.39 is 4.92 Å². The number of benzene rings is 2. The molecule has 0 radical (unpaired) electrons. The number of hydrogen-bond donors (Lipinski definition) is 2. The number of nitrogens with one attached hydrogen (secondary N) is 1. The summed E-state index contributed by atoms with van der Waals surface area (Å²) < 4.78 is 0. The maximum absolute atomic E-state index is 10.8. The van der Waals surface area contributed by atoms with Gasteiger partial charge in [-0.05, 0) is 36.2 Å². The van der Waals surface area contributed by atoms with Crippen molar-refractivity contribution < 1.29 is 10.0 Å². The Hall–Kier alpha value is -2.27. The maximum atomic E-state index is 10.8. The van der Waals surface area contributed by atoms with Gasteiger partial charge < -0.3 is 10.4 Å². The second-order valence-electron chi connectivity index (χ2n) is 4.40. The standard InChI is InChI=1S/C14H13ClN2O3/c1-9-6-14(17(19)20)12(15)7-13(9)16-8-10-2-4-11(18)5-3-10/h2-7,16,18H,8H2,1H3. The van der Waals surface area contributed by atoms with Gasteiger partial charge in [0.1, 0.15) is 10.8 Å². The number of hydrogen-bond acceptors (Lipinski definition) is 4. The molecule has 0 saturated carbocycles. The van der Waals surface area contributed by atoms with E-state index in [9.17, 15) is 15.2 Å². The van der Waals surface area contributed by atoms with Gasteiger partial charge in [-0.3, -0.25) is 10.1 Å². The lowest BCUT2D eigenvalue weighted by Crippen LogP contribution is -2.02. The van der Waals surface area contributed by atoms with Crippen LogP contribution < -0.4 is 5.32 Å². The van der Waals surface area contributed by atoms with Crippen LogP contribution in [0.3, 0.4) is 0 Å². The van der Waals surface area contributed by atoms with Crippen LogP contribution >= 0.6 is 11.6 Å². The molecule has 2 N–H and O–H groups in total. The summed E-state index contributed by atoms with van der Waals surface area (Å²) in [6, 6.07) is 9.80. The van der Waals surface area contributed by atoms with Crippen LogP contribution in [0.1, 0.15) is 11.1 Å². The molecule has 0 spiro atoms. The highest BCUT2D eigenvalue weighted by atomic mass is 35.5. The van der Waals surface area contributed by atoms with Crippen LogP contribution in [0.2, 0.25) is 5.02 Å². The average molecular weight is 293 g/mol. The number of nitro groups is 1. The summed E-state index contributed by atoms with van der Waals surface area (Å²) in [5, 5.41) is 23.2. The van der Waals surface area contributed by atoms with Gasteiger partial charge in [0.25, 0.3) is 5.69 Å². The largest absolute Gasteiger partial charge is 0.508 e. The molecule has 0 fully saturated rings. The summed E-state index contributed by atoms with van der Waals surface area (Å²) in [5.74, 6) is 0.211. The lowest BCUT2D eigenvalue weighted by atomic mass is 10.1. The van der Waals surface area contributed by atoms with Gasteiger partial charge in [0.05, 0.1) is 4.92 Å². The van der Waals surface area contributed by atoms with Crippen LogP contribution in [0.15, 0.2) is 36.4 Å². The van der Waals surface area contributed by atoms with Crippen LogP contribution in [-0.4, -0.2) is 10.0 Å². The van der Waals surface area contributed by atoms with Gasteiger partial charge >= 0.3 is 0 Å². The van der Waals surface area contributed by atoms with E-state index in [1.165, 1.54) is 6.07 Å². The van der Waals surface area contributed by atoms with Crippen molar-refractivity contribution in [1.82, 2.24) is 0 Å². The Labute approximate surface area is 121 Å². The number of aryl methyl sites for hydroxylation is 1. The molecule has 0 unspecified atom stereocenters. The first-order chi connectivity index (χ1) is 9.47. The zero-order valence-electron chi connectivity index (χ0n) is 10.8. The number of nitrogens with zero attached hydrogens (tertiary/aromatic N) is 1. The van der Waals surface area contributed by atoms with Crippen molar-refractivity contribution in [2.45, 2.75) is 13.5 Å². The molecule has 0 saturated heterocycles. The third kappa shape index (κ3) is 3.19. The highest BCUT2D eigenvalue weighted by Gasteiger charge is 2.14. The summed E-state index contributed by atoms with van der Waals surface area (Å²) in [5.41, 5.74) is 2.38. The summed E-state index contributed by atoms with van der Waals surface area (Å²) in [6.45, 7) is 2.32. The number of halogens is 1. The third-order valence-corrected chi connectivity index (χ3v) is 3.21. The average Bonchev–Trinajstić information content (AvgIpc) is 2.41. The zero-order valence-corrected chi connectivity index (χ0v) is 11.5. The van der Waals surface area contributed by atoms with E-state index in [-0.39, 0.29) is 16.5 Å². The van der Waals surface area contributed by atoms with E-state index in [0.29, 0.717) is 6.54 Å². The van der Waals surface area contributed by atoms with E-state index in [4.69, 9.17) is 11.6 Å². The number of aromatic hydroxyl groups is 1. The molecule has 0 aliphatic carbocycles. The Kier molecular flexibility index (Phi) is 4.10. The molecule has 6 heteroatoms. The van der Waals surface area contributed by atoms with Gasteiger partial charge in [0.2, 0.25) is 0 Å². The van der Waals surface area contributed by atoms with Crippen molar-refractivity contribution in [2.75, 3.05) is 5.32 Å². The molecule has 0 bridgehead atoms. The SMILES string of the molecule is Cc1cc([N+](=O)[O-])c(Cl)cc1NCc1ccc(O)cc1. The van der Waals surface area contributed by atoms with Crippen LogP contribution in [0.5, 0.6) is 5.75 Å². The Morgan fingerprint density at radius 3 is 2.55 bits per heavy atom. The quantitative estimate of drug-likeness (QED) is 0.662. The first kappa shape index (κ1) is 14.1. The molecule has 0 aromatic heterocycles. The van der Waals surface area contributed by atoms with Gasteiger partial charge in [-0.2, -0.15) is 0 Å². The second-order valence-corrected chi connectivity index (χ2v) is 4.80. The molecular formula is C14H13ClN2O3. The molecule has 104 valence electrons. The molecule has 5 nitrogen and oxygen atoms in total. The number of phenols is 1. The van der Waals surface area contributed by atoms with E-state index >= 15 is 0 Å². The molecule has 2 aromatic rings. The lowest BCUT2D eigenvalue weighted by Gasteiger charge is -2.10. The molecule has 2 aromatic carbocycles. The maximum Gasteiger partial charge on any atom is 0.288 e. The van der Waals surface area contributed by atoms with Crippen molar-refractivity contribution in [3.63, 3.8) is 0 Å². The van der Waals surface area contributed by atoms with Crippen molar-refractivity contribution >= 4 is 23.0 Å². The predicted molar refractivity (Wildman–Crippen MR) is 78.3 cm³/mol. The van der Waals surface area contributed by atoms with Crippen molar-refractivity contribution in [3.05, 3.63) is 62.7 Å². The molecule has 0 amide bonds. The fourth-order valence-electron chi connectivity index (χ4n) is 1.81. The minimum atomic E-state index is -0.501. The van der Waals surface area contributed by atoms with Gasteiger partial charge in [0.15, 0.2) is 0 Å². The monoisotopic (exact) mass is 292 g/mol. The molecule has 0 aliphatic rings. The van der Waals surface area contributed by atoms with Gasteiger partial charge in [-0.15, -0.1) is 0 Å². The molecule has 2 rings (SSSR count). The van der Waals surface area contributed by atoms with E-state index in [1.807, 2.05) is 0 Å². The Morgan fingerprint density at radius 2 is 1.95 bits per heavy atom. The molecule has 0 aliphatic heterocycles. The number of rotatable bonds is 4. The first-order valence-electron chi connectivity index (χ1n) is 5.93. The van der Waals surface area contributed by atoms with E-state index in [2.05, 4.69) is 5.32 Å². The van der Waals surface area contributed by atoms with E-state index in [0.717, 1.165) is 16.8 Å². The van der Waals surface area contributed by atoms with Crippen LogP contribution in [0.25, 0.3) is 0 Å². The third-order valence-electron chi connectivity index (χ3n) is 2.91. The van der Waals surface area contributed by atoms with Crippen LogP contribution in [0.4, 0.5) is 11.4 Å². The van der Waals surface area contributed by atoms with Crippen molar-refractivity contribution in [2.24, 2.45) is 0 Å². The number of anilines is 1. The number of phenolic OH excluding ortho intramolecular Hbond substituents is 1. The van der Waals surface area contributed by atoms with Gasteiger partial charge in [0, 0.05) is 18.3 Å². The minimum Gasteiger partial charge on any atom is -0.508 e. The topological polar surface area (TPSA) is 75.4 Å². The highest BCUT2D eigenvalue weighted by Crippen LogP contribution is 2.30. The fourth-order valence-corrected chi connectivity index (χ4v) is 2.04. The summed E-state index contributed by atoms with van der Waals surface area (Å²) in [6.07, 6.45) is 0. The zero-order chi connectivity index (χ0) is 14.7.